The third-order valence-corrected chi connectivity index (χ3v) is 4.31. The van der Waals surface area contributed by atoms with Crippen LogP contribution >= 0.6 is 0 Å². The summed E-state index contributed by atoms with van der Waals surface area (Å²) in [6.07, 6.45) is 5.86. The zero-order valence-corrected chi connectivity index (χ0v) is 11.1. The zero-order chi connectivity index (χ0) is 13.3. The van der Waals surface area contributed by atoms with Crippen LogP contribution in [0.2, 0.25) is 0 Å². The molecule has 1 amide bonds. The molecule has 1 heterocycles. The Morgan fingerprint density at radius 1 is 1.21 bits per heavy atom. The number of carbonyl (C=O) groups is 1. The molecule has 100 valence electrons. The maximum absolute atomic E-state index is 12.3. The van der Waals surface area contributed by atoms with Crippen LogP contribution in [-0.2, 0) is 4.79 Å². The number of carbonyl (C=O) groups excluding carboxylic acids is 1. The van der Waals surface area contributed by atoms with Crippen LogP contribution in [0, 0.1) is 0 Å². The van der Waals surface area contributed by atoms with E-state index in [2.05, 4.69) is 30.3 Å². The molecule has 1 aliphatic carbocycles. The summed E-state index contributed by atoms with van der Waals surface area (Å²) in [5, 5.41) is 0. The van der Waals surface area contributed by atoms with Crippen LogP contribution < -0.4 is 5.73 Å². The summed E-state index contributed by atoms with van der Waals surface area (Å²) in [5.74, 6) is 0.141. The van der Waals surface area contributed by atoms with Gasteiger partial charge in [-0.05, 0) is 36.8 Å². The van der Waals surface area contributed by atoms with E-state index in [0.717, 1.165) is 32.2 Å². The molecule has 0 bridgehead atoms. The molecule has 1 aliphatic heterocycles. The lowest BCUT2D eigenvalue weighted by molar-refractivity contribution is -0.139. The number of rotatable bonds is 2. The monoisotopic (exact) mass is 256 g/mol. The average Bonchev–Trinajstić information content (AvgIpc) is 2.45. The molecule has 1 aromatic carbocycles. The van der Waals surface area contributed by atoms with E-state index < -0.39 is 5.54 Å². The molecule has 19 heavy (non-hydrogen) atoms. The van der Waals surface area contributed by atoms with Crippen LogP contribution in [-0.4, -0.2) is 29.4 Å². The normalized spacial score (nSPS) is 21.5. The molecule has 0 saturated heterocycles. The van der Waals surface area contributed by atoms with Gasteiger partial charge >= 0.3 is 0 Å². The molecule has 1 aromatic rings. The largest absolute Gasteiger partial charge is 0.337 e. The third-order valence-electron chi connectivity index (χ3n) is 4.31. The van der Waals surface area contributed by atoms with Crippen molar-refractivity contribution in [2.45, 2.75) is 31.2 Å². The standard InChI is InChI=1S/C16H20N2O/c17-16(9-4-10-16)15(19)18-11-7-14(8-12-18)13-5-2-1-3-6-13/h1-3,5-7H,4,8-12,17H2. The van der Waals surface area contributed by atoms with Crippen LogP contribution in [0.5, 0.6) is 0 Å². The van der Waals surface area contributed by atoms with E-state index in [1.807, 2.05) is 11.0 Å². The lowest BCUT2D eigenvalue weighted by Crippen LogP contribution is -2.60. The van der Waals surface area contributed by atoms with Crippen LogP contribution in [0.3, 0.4) is 0 Å². The van der Waals surface area contributed by atoms with Crippen molar-refractivity contribution in [3.8, 4) is 0 Å². The lowest BCUT2D eigenvalue weighted by atomic mass is 9.76. The van der Waals surface area contributed by atoms with E-state index >= 15 is 0 Å². The molecule has 3 heteroatoms. The summed E-state index contributed by atoms with van der Waals surface area (Å²) in [5.41, 5.74) is 8.16. The van der Waals surface area contributed by atoms with Crippen molar-refractivity contribution in [1.82, 2.24) is 4.90 Å². The SMILES string of the molecule is NC1(C(=O)N2CC=C(c3ccccc3)CC2)CCC1. The van der Waals surface area contributed by atoms with Crippen molar-refractivity contribution in [3.05, 3.63) is 42.0 Å². The van der Waals surface area contributed by atoms with Gasteiger partial charge in [-0.3, -0.25) is 4.79 Å². The van der Waals surface area contributed by atoms with E-state index in [-0.39, 0.29) is 5.91 Å². The molecular formula is C16H20N2O. The molecular weight excluding hydrogens is 236 g/mol. The smallest absolute Gasteiger partial charge is 0.242 e. The summed E-state index contributed by atoms with van der Waals surface area (Å²) in [4.78, 5) is 14.2. The maximum Gasteiger partial charge on any atom is 0.242 e. The number of hydrogen-bond acceptors (Lipinski definition) is 2. The fraction of sp³-hybridized carbons (Fsp3) is 0.438. The molecule has 0 unspecified atom stereocenters. The van der Waals surface area contributed by atoms with Gasteiger partial charge in [0.25, 0.3) is 0 Å². The number of nitrogens with zero attached hydrogens (tertiary/aromatic N) is 1. The summed E-state index contributed by atoms with van der Waals surface area (Å²) in [6, 6.07) is 10.4. The van der Waals surface area contributed by atoms with Gasteiger partial charge in [-0.25, -0.2) is 0 Å². The highest BCUT2D eigenvalue weighted by atomic mass is 16.2. The van der Waals surface area contributed by atoms with Gasteiger partial charge in [-0.15, -0.1) is 0 Å². The highest BCUT2D eigenvalue weighted by Crippen LogP contribution is 2.32. The Morgan fingerprint density at radius 3 is 2.47 bits per heavy atom. The molecule has 1 fully saturated rings. The van der Waals surface area contributed by atoms with Crippen molar-refractivity contribution in [2.75, 3.05) is 13.1 Å². The second-order valence-electron chi connectivity index (χ2n) is 5.61. The van der Waals surface area contributed by atoms with Gasteiger partial charge < -0.3 is 10.6 Å². The molecule has 1 saturated carbocycles. The minimum Gasteiger partial charge on any atom is -0.337 e. The molecule has 3 rings (SSSR count). The van der Waals surface area contributed by atoms with Gasteiger partial charge in [0.05, 0.1) is 5.54 Å². The van der Waals surface area contributed by atoms with Crippen molar-refractivity contribution in [2.24, 2.45) is 5.73 Å². The first-order valence-corrected chi connectivity index (χ1v) is 7.02. The maximum atomic E-state index is 12.3. The average molecular weight is 256 g/mol. The van der Waals surface area contributed by atoms with Gasteiger partial charge in [0, 0.05) is 13.1 Å². The van der Waals surface area contributed by atoms with Crippen LogP contribution in [0.4, 0.5) is 0 Å². The highest BCUT2D eigenvalue weighted by molar-refractivity contribution is 5.88. The van der Waals surface area contributed by atoms with Gasteiger partial charge in [0.1, 0.15) is 0 Å². The number of benzene rings is 1. The van der Waals surface area contributed by atoms with E-state index in [9.17, 15) is 4.79 Å². The van der Waals surface area contributed by atoms with Gasteiger partial charge in [0.15, 0.2) is 0 Å². The first kappa shape index (κ1) is 12.4. The summed E-state index contributed by atoms with van der Waals surface area (Å²) in [7, 11) is 0. The first-order chi connectivity index (χ1) is 9.19. The second kappa shape index (κ2) is 4.82. The minimum atomic E-state index is -0.557. The second-order valence-corrected chi connectivity index (χ2v) is 5.61. The molecule has 0 spiro atoms. The number of hydrogen-bond donors (Lipinski definition) is 1. The third kappa shape index (κ3) is 2.30. The topological polar surface area (TPSA) is 46.3 Å². The van der Waals surface area contributed by atoms with E-state index in [0.29, 0.717) is 6.54 Å². The van der Waals surface area contributed by atoms with Crippen LogP contribution in [0.1, 0.15) is 31.2 Å². The summed E-state index contributed by atoms with van der Waals surface area (Å²) >= 11 is 0. The Kier molecular flexibility index (Phi) is 3.15. The zero-order valence-electron chi connectivity index (χ0n) is 11.1. The van der Waals surface area contributed by atoms with Crippen molar-refractivity contribution < 1.29 is 4.79 Å². The summed E-state index contributed by atoms with van der Waals surface area (Å²) in [6.45, 7) is 1.49. The predicted octanol–water partition coefficient (Wildman–Crippen LogP) is 2.18. The Balaban J connectivity index is 1.68. The molecule has 2 aliphatic rings. The van der Waals surface area contributed by atoms with Gasteiger partial charge in [-0.2, -0.15) is 0 Å². The predicted molar refractivity (Wildman–Crippen MR) is 76.4 cm³/mol. The van der Waals surface area contributed by atoms with Crippen LogP contribution in [0.25, 0.3) is 5.57 Å². The molecule has 0 radical (unpaired) electrons. The molecule has 0 atom stereocenters. The van der Waals surface area contributed by atoms with E-state index in [1.54, 1.807) is 0 Å². The minimum absolute atomic E-state index is 0.141. The highest BCUT2D eigenvalue weighted by Gasteiger charge is 2.42. The van der Waals surface area contributed by atoms with E-state index in [4.69, 9.17) is 5.73 Å². The van der Waals surface area contributed by atoms with Gasteiger partial charge in [-0.1, -0.05) is 36.4 Å². The van der Waals surface area contributed by atoms with Crippen molar-refractivity contribution >= 4 is 11.5 Å². The fourth-order valence-electron chi connectivity index (χ4n) is 2.85. The molecule has 2 N–H and O–H groups in total. The lowest BCUT2D eigenvalue weighted by Gasteiger charge is -2.41. The first-order valence-electron chi connectivity index (χ1n) is 7.02. The van der Waals surface area contributed by atoms with Crippen LogP contribution in [0.15, 0.2) is 36.4 Å². The molecule has 0 aromatic heterocycles. The Bertz CT molecular complexity index is 503. The number of amides is 1. The fourth-order valence-corrected chi connectivity index (χ4v) is 2.85. The Morgan fingerprint density at radius 2 is 1.95 bits per heavy atom. The summed E-state index contributed by atoms with van der Waals surface area (Å²) < 4.78 is 0. The molecule has 3 nitrogen and oxygen atoms in total. The van der Waals surface area contributed by atoms with Gasteiger partial charge in [0.2, 0.25) is 5.91 Å². The van der Waals surface area contributed by atoms with Crippen molar-refractivity contribution in [1.29, 1.82) is 0 Å². The Labute approximate surface area is 114 Å². The number of nitrogens with two attached hydrogens (primary N) is 1. The van der Waals surface area contributed by atoms with E-state index in [1.165, 1.54) is 11.1 Å². The quantitative estimate of drug-likeness (QED) is 0.881. The van der Waals surface area contributed by atoms with Crippen molar-refractivity contribution in [3.63, 3.8) is 0 Å². The Hall–Kier alpha value is -1.61.